The number of nitrogens with two attached hydrogens (primary N) is 1. The highest BCUT2D eigenvalue weighted by Gasteiger charge is 2.36. The molecule has 0 fully saturated rings. The van der Waals surface area contributed by atoms with Crippen molar-refractivity contribution in [1.29, 1.82) is 0 Å². The van der Waals surface area contributed by atoms with Crippen molar-refractivity contribution in [2.75, 3.05) is 0 Å². The molecule has 0 bridgehead atoms. The summed E-state index contributed by atoms with van der Waals surface area (Å²) < 4.78 is 30.5. The summed E-state index contributed by atoms with van der Waals surface area (Å²) in [5.41, 5.74) is 5.10. The number of halogens is 2. The summed E-state index contributed by atoms with van der Waals surface area (Å²) >= 11 is 0. The third-order valence-corrected chi connectivity index (χ3v) is 2.75. The lowest BCUT2D eigenvalue weighted by molar-refractivity contribution is -0.00461. The number of hydrogen-bond acceptors (Lipinski definition) is 2. The van der Waals surface area contributed by atoms with E-state index in [0.29, 0.717) is 0 Å². The third-order valence-electron chi connectivity index (χ3n) is 1.91. The molecular weight excluding hydrogens is 204 g/mol. The van der Waals surface area contributed by atoms with E-state index in [0.717, 1.165) is 0 Å². The zero-order valence-corrected chi connectivity index (χ0v) is 10.7. The Morgan fingerprint density at radius 2 is 1.64 bits per heavy atom. The summed E-state index contributed by atoms with van der Waals surface area (Å²) in [5.74, 6) is 0. The largest absolute Gasteiger partial charge is 0.415 e. The normalized spacial score (nSPS) is 17.6. The average Bonchev–Trinajstić information content (AvgIpc) is 1.96. The minimum absolute atomic E-state index is 0.340. The SMILES string of the molecule is C[SiH](C)OC([C@@H](N)C(F)F)C(C)(C)C. The molecule has 0 saturated carbocycles. The molecule has 0 rings (SSSR count). The van der Waals surface area contributed by atoms with Crippen LogP contribution in [0.25, 0.3) is 0 Å². The van der Waals surface area contributed by atoms with Gasteiger partial charge < -0.3 is 10.2 Å². The van der Waals surface area contributed by atoms with E-state index in [9.17, 15) is 8.78 Å². The van der Waals surface area contributed by atoms with Gasteiger partial charge in [0.1, 0.15) is 0 Å². The molecule has 2 N–H and O–H groups in total. The standard InChI is InChI=1S/C9H21F2NOSi/c1-9(2,3)7(13-14(4)5)6(12)8(10)11/h6-8,14H,12H2,1-5H3/t6-,7?/m1/s1. The Kier molecular flexibility index (Phi) is 5.18. The van der Waals surface area contributed by atoms with Crippen molar-refractivity contribution in [3.8, 4) is 0 Å². The maximum absolute atomic E-state index is 12.5. The molecule has 0 aromatic carbocycles. The third kappa shape index (κ3) is 4.48. The molecule has 0 spiro atoms. The van der Waals surface area contributed by atoms with Crippen molar-refractivity contribution in [2.45, 2.75) is 52.4 Å². The molecule has 0 aromatic rings. The van der Waals surface area contributed by atoms with Gasteiger partial charge in [0.05, 0.1) is 12.1 Å². The first-order chi connectivity index (χ1) is 6.16. The Balaban J connectivity index is 4.56. The molecule has 0 saturated heterocycles. The topological polar surface area (TPSA) is 35.2 Å². The van der Waals surface area contributed by atoms with E-state index in [1.165, 1.54) is 0 Å². The Hall–Kier alpha value is -0.00312. The maximum atomic E-state index is 12.5. The van der Waals surface area contributed by atoms with Crippen LogP contribution in [0.4, 0.5) is 8.78 Å². The monoisotopic (exact) mass is 225 g/mol. The number of rotatable bonds is 4. The van der Waals surface area contributed by atoms with Gasteiger partial charge in [0.2, 0.25) is 0 Å². The van der Waals surface area contributed by atoms with Gasteiger partial charge in [-0.25, -0.2) is 8.78 Å². The highest BCUT2D eigenvalue weighted by atomic mass is 28.3. The van der Waals surface area contributed by atoms with Gasteiger partial charge in [0, 0.05) is 0 Å². The Bertz CT molecular complexity index is 171. The molecule has 0 radical (unpaired) electrons. The zero-order chi connectivity index (χ0) is 11.5. The van der Waals surface area contributed by atoms with Crippen LogP contribution in [-0.2, 0) is 4.43 Å². The molecule has 0 aliphatic heterocycles. The van der Waals surface area contributed by atoms with E-state index in [-0.39, 0.29) is 5.41 Å². The van der Waals surface area contributed by atoms with E-state index in [2.05, 4.69) is 0 Å². The van der Waals surface area contributed by atoms with E-state index < -0.39 is 27.6 Å². The highest BCUT2D eigenvalue weighted by molar-refractivity contribution is 6.48. The van der Waals surface area contributed by atoms with Gasteiger partial charge in [0.25, 0.3) is 6.43 Å². The van der Waals surface area contributed by atoms with Crippen LogP contribution < -0.4 is 5.73 Å². The summed E-state index contributed by atoms with van der Waals surface area (Å²) in [6, 6.07) is -1.19. The van der Waals surface area contributed by atoms with Gasteiger partial charge in [-0.05, 0) is 18.5 Å². The molecule has 2 atom stereocenters. The molecule has 0 aliphatic carbocycles. The first-order valence-corrected chi connectivity index (χ1v) is 7.63. The lowest BCUT2D eigenvalue weighted by atomic mass is 9.85. The average molecular weight is 225 g/mol. The van der Waals surface area contributed by atoms with Gasteiger partial charge in [0.15, 0.2) is 9.04 Å². The molecule has 5 heteroatoms. The smallest absolute Gasteiger partial charge is 0.255 e. The van der Waals surface area contributed by atoms with Gasteiger partial charge in [-0.15, -0.1) is 0 Å². The van der Waals surface area contributed by atoms with E-state index >= 15 is 0 Å². The van der Waals surface area contributed by atoms with E-state index in [1.807, 2.05) is 33.9 Å². The van der Waals surface area contributed by atoms with Crippen LogP contribution in [0, 0.1) is 5.41 Å². The molecule has 1 unspecified atom stereocenters. The lowest BCUT2D eigenvalue weighted by Crippen LogP contribution is -2.50. The molecule has 0 aliphatic rings. The van der Waals surface area contributed by atoms with E-state index in [1.54, 1.807) is 0 Å². The Morgan fingerprint density at radius 3 is 1.86 bits per heavy atom. The minimum Gasteiger partial charge on any atom is -0.415 e. The van der Waals surface area contributed by atoms with Crippen molar-refractivity contribution in [3.63, 3.8) is 0 Å². The summed E-state index contributed by atoms with van der Waals surface area (Å²) in [7, 11) is -1.34. The van der Waals surface area contributed by atoms with Crippen LogP contribution in [-0.4, -0.2) is 27.6 Å². The second-order valence-corrected chi connectivity index (χ2v) is 7.25. The highest BCUT2D eigenvalue weighted by Crippen LogP contribution is 2.27. The molecule has 0 amide bonds. The minimum atomic E-state index is -2.52. The van der Waals surface area contributed by atoms with Gasteiger partial charge in [-0.2, -0.15) is 0 Å². The summed E-state index contributed by atoms with van der Waals surface area (Å²) in [4.78, 5) is 0. The van der Waals surface area contributed by atoms with Gasteiger partial charge in [-0.1, -0.05) is 20.8 Å². The molecule has 14 heavy (non-hydrogen) atoms. The molecule has 2 nitrogen and oxygen atoms in total. The molecule has 86 valence electrons. The number of alkyl halides is 2. The van der Waals surface area contributed by atoms with Crippen LogP contribution in [0.15, 0.2) is 0 Å². The predicted octanol–water partition coefficient (Wildman–Crippen LogP) is 1.99. The van der Waals surface area contributed by atoms with Crippen molar-refractivity contribution in [2.24, 2.45) is 11.1 Å². The van der Waals surface area contributed by atoms with E-state index in [4.69, 9.17) is 10.2 Å². The second-order valence-electron chi connectivity index (χ2n) is 4.88. The fraction of sp³-hybridized carbons (Fsp3) is 1.00. The van der Waals surface area contributed by atoms with Crippen molar-refractivity contribution < 1.29 is 13.2 Å². The molecular formula is C9H21F2NOSi. The van der Waals surface area contributed by atoms with Crippen molar-refractivity contribution in [1.82, 2.24) is 0 Å². The number of hydrogen-bond donors (Lipinski definition) is 1. The summed E-state index contributed by atoms with van der Waals surface area (Å²) in [6.45, 7) is 9.53. The quantitative estimate of drug-likeness (QED) is 0.743. The summed E-state index contributed by atoms with van der Waals surface area (Å²) in [5, 5.41) is 0. The van der Waals surface area contributed by atoms with Crippen LogP contribution in [0.1, 0.15) is 20.8 Å². The summed E-state index contributed by atoms with van der Waals surface area (Å²) in [6.07, 6.45) is -3.08. The van der Waals surface area contributed by atoms with Crippen molar-refractivity contribution >= 4 is 9.04 Å². The lowest BCUT2D eigenvalue weighted by Gasteiger charge is -2.36. The Morgan fingerprint density at radius 1 is 1.21 bits per heavy atom. The predicted molar refractivity (Wildman–Crippen MR) is 57.2 cm³/mol. The molecule has 0 aromatic heterocycles. The second kappa shape index (κ2) is 5.18. The van der Waals surface area contributed by atoms with Crippen LogP contribution >= 0.6 is 0 Å². The van der Waals surface area contributed by atoms with Crippen LogP contribution in [0.5, 0.6) is 0 Å². The van der Waals surface area contributed by atoms with Crippen molar-refractivity contribution in [3.05, 3.63) is 0 Å². The zero-order valence-electron chi connectivity index (χ0n) is 9.55. The Labute approximate surface area is 86.5 Å². The molecule has 0 heterocycles. The maximum Gasteiger partial charge on any atom is 0.255 e. The first-order valence-electron chi connectivity index (χ1n) is 4.85. The fourth-order valence-corrected chi connectivity index (χ4v) is 2.47. The first kappa shape index (κ1) is 14.0. The van der Waals surface area contributed by atoms with Gasteiger partial charge in [-0.3, -0.25) is 0 Å². The van der Waals surface area contributed by atoms with Crippen LogP contribution in [0.2, 0.25) is 13.1 Å². The van der Waals surface area contributed by atoms with Crippen LogP contribution in [0.3, 0.4) is 0 Å². The fourth-order valence-electron chi connectivity index (χ4n) is 1.30. The van der Waals surface area contributed by atoms with Gasteiger partial charge >= 0.3 is 0 Å².